The maximum atomic E-state index is 13.6. The molecule has 2 aromatic carbocycles. The van der Waals surface area contributed by atoms with Gasteiger partial charge in [-0.05, 0) is 36.8 Å². The molecule has 0 saturated carbocycles. The molecule has 3 atom stereocenters. The number of likely N-dealkylation sites (tertiary alicyclic amines) is 1. The molecular formula is C30H33N3O4. The Hall–Kier alpha value is -3.92. The maximum absolute atomic E-state index is 13.6. The summed E-state index contributed by atoms with van der Waals surface area (Å²) in [6.07, 6.45) is 6.19. The molecular weight excluding hydrogens is 466 g/mol. The van der Waals surface area contributed by atoms with E-state index in [0.717, 1.165) is 11.1 Å². The molecule has 3 unspecified atom stereocenters. The molecule has 192 valence electrons. The van der Waals surface area contributed by atoms with Gasteiger partial charge in [-0.15, -0.1) is 0 Å². The molecule has 0 aromatic heterocycles. The number of carbonyl (C=O) groups is 3. The van der Waals surface area contributed by atoms with Crippen LogP contribution in [-0.2, 0) is 31.0 Å². The molecule has 1 N–H and O–H groups in total. The van der Waals surface area contributed by atoms with Gasteiger partial charge in [0.15, 0.2) is 0 Å². The highest BCUT2D eigenvalue weighted by Gasteiger charge is 2.42. The summed E-state index contributed by atoms with van der Waals surface area (Å²) >= 11 is 0. The van der Waals surface area contributed by atoms with Crippen LogP contribution in [0.5, 0.6) is 0 Å². The molecule has 1 aliphatic heterocycles. The highest BCUT2D eigenvalue weighted by Crippen LogP contribution is 2.36. The van der Waals surface area contributed by atoms with Crippen LogP contribution in [0, 0.1) is 23.2 Å². The Balaban J connectivity index is 1.44. The van der Waals surface area contributed by atoms with Gasteiger partial charge >= 0.3 is 5.97 Å². The summed E-state index contributed by atoms with van der Waals surface area (Å²) in [4.78, 5) is 41.2. The van der Waals surface area contributed by atoms with Gasteiger partial charge in [0, 0.05) is 19.5 Å². The third-order valence-electron chi connectivity index (χ3n) is 7.64. The number of piperidine rings is 1. The monoisotopic (exact) mass is 499 g/mol. The zero-order valence-electron chi connectivity index (χ0n) is 21.1. The lowest BCUT2D eigenvalue weighted by atomic mass is 9.73. The van der Waals surface area contributed by atoms with Gasteiger partial charge in [0.1, 0.15) is 6.04 Å². The molecule has 4 rings (SSSR count). The number of nitrogens with zero attached hydrogens (tertiary/aromatic N) is 2. The first-order valence-electron chi connectivity index (χ1n) is 12.8. The van der Waals surface area contributed by atoms with Crippen molar-refractivity contribution in [2.45, 2.75) is 43.6 Å². The molecule has 7 nitrogen and oxygen atoms in total. The number of hydrogen-bond donors (Lipinski definition) is 1. The van der Waals surface area contributed by atoms with Crippen LogP contribution in [-0.4, -0.2) is 48.9 Å². The quantitative estimate of drug-likeness (QED) is 0.464. The fourth-order valence-corrected chi connectivity index (χ4v) is 5.41. The lowest BCUT2D eigenvalue weighted by Gasteiger charge is -2.40. The minimum absolute atomic E-state index is 0.0678. The second-order valence-corrected chi connectivity index (χ2v) is 9.82. The van der Waals surface area contributed by atoms with Crippen molar-refractivity contribution in [3.05, 3.63) is 83.9 Å². The predicted molar refractivity (Wildman–Crippen MR) is 139 cm³/mol. The van der Waals surface area contributed by atoms with Gasteiger partial charge in [0.05, 0.1) is 30.4 Å². The van der Waals surface area contributed by atoms with Crippen LogP contribution in [0.1, 0.15) is 36.8 Å². The molecule has 2 aliphatic rings. The first-order chi connectivity index (χ1) is 18.0. The SMILES string of the molecule is COC(=O)C(Cc1ccccc1)NC(=O)C1CC=CCC1C(=O)N1CCC(C#N)(c2ccccc2)CC1. The minimum Gasteiger partial charge on any atom is -0.467 e. The normalized spacial score (nSPS) is 21.4. The predicted octanol–water partition coefficient (Wildman–Crippen LogP) is 3.55. The Kier molecular flexibility index (Phi) is 8.39. The van der Waals surface area contributed by atoms with Gasteiger partial charge in [-0.25, -0.2) is 4.79 Å². The van der Waals surface area contributed by atoms with Crippen molar-refractivity contribution >= 4 is 17.8 Å². The molecule has 1 fully saturated rings. The number of nitriles is 1. The molecule has 2 aromatic rings. The van der Waals surface area contributed by atoms with Crippen LogP contribution >= 0.6 is 0 Å². The number of amides is 2. The third kappa shape index (κ3) is 5.91. The summed E-state index contributed by atoms with van der Waals surface area (Å²) in [6, 6.07) is 20.8. The summed E-state index contributed by atoms with van der Waals surface area (Å²) in [5, 5.41) is 12.8. The Morgan fingerprint density at radius 2 is 1.59 bits per heavy atom. The number of benzene rings is 2. The molecule has 37 heavy (non-hydrogen) atoms. The molecule has 2 amide bonds. The van der Waals surface area contributed by atoms with Gasteiger partial charge in [0.25, 0.3) is 0 Å². The fraction of sp³-hybridized carbons (Fsp3) is 0.400. The first-order valence-corrected chi connectivity index (χ1v) is 12.8. The Morgan fingerprint density at radius 1 is 1.00 bits per heavy atom. The Labute approximate surface area is 218 Å². The van der Waals surface area contributed by atoms with E-state index in [0.29, 0.717) is 45.2 Å². The highest BCUT2D eigenvalue weighted by molar-refractivity contribution is 5.91. The average molecular weight is 500 g/mol. The number of esters is 1. The number of rotatable bonds is 7. The van der Waals surface area contributed by atoms with Crippen molar-refractivity contribution in [1.29, 1.82) is 5.26 Å². The molecule has 1 heterocycles. The molecule has 1 saturated heterocycles. The van der Waals surface area contributed by atoms with Gasteiger partial charge in [-0.1, -0.05) is 72.8 Å². The van der Waals surface area contributed by atoms with E-state index in [2.05, 4.69) is 11.4 Å². The van der Waals surface area contributed by atoms with E-state index in [1.54, 1.807) is 4.90 Å². The van der Waals surface area contributed by atoms with E-state index in [1.807, 2.05) is 72.8 Å². The Morgan fingerprint density at radius 3 is 2.19 bits per heavy atom. The first kappa shape index (κ1) is 26.2. The largest absolute Gasteiger partial charge is 0.467 e. The van der Waals surface area contributed by atoms with Crippen LogP contribution in [0.4, 0.5) is 0 Å². The topological polar surface area (TPSA) is 99.5 Å². The third-order valence-corrected chi connectivity index (χ3v) is 7.64. The molecule has 7 heteroatoms. The van der Waals surface area contributed by atoms with Gasteiger partial charge in [-0.2, -0.15) is 5.26 Å². The minimum atomic E-state index is -0.835. The van der Waals surface area contributed by atoms with E-state index in [-0.39, 0.29) is 11.8 Å². The standard InChI is InChI=1S/C30H33N3O4/c1-37-29(36)26(20-22-10-4-2-5-11-22)32-27(34)24-14-8-9-15-25(24)28(35)33-18-16-30(21-31,17-19-33)23-12-6-3-7-13-23/h2-13,24-26H,14-20H2,1H3,(H,32,34). The Bertz CT molecular complexity index is 1160. The summed E-state index contributed by atoms with van der Waals surface area (Å²) < 4.78 is 4.94. The smallest absolute Gasteiger partial charge is 0.328 e. The maximum Gasteiger partial charge on any atom is 0.328 e. The number of nitrogens with one attached hydrogen (secondary N) is 1. The van der Waals surface area contributed by atoms with Crippen molar-refractivity contribution < 1.29 is 19.1 Å². The van der Waals surface area contributed by atoms with E-state index in [4.69, 9.17) is 4.74 Å². The van der Waals surface area contributed by atoms with E-state index in [1.165, 1.54) is 7.11 Å². The lowest BCUT2D eigenvalue weighted by Crippen LogP contribution is -2.51. The number of hydrogen-bond acceptors (Lipinski definition) is 5. The number of ether oxygens (including phenoxy) is 1. The van der Waals surface area contributed by atoms with Crippen LogP contribution in [0.2, 0.25) is 0 Å². The van der Waals surface area contributed by atoms with Crippen molar-refractivity contribution in [3.8, 4) is 6.07 Å². The van der Waals surface area contributed by atoms with Crippen LogP contribution in [0.25, 0.3) is 0 Å². The molecule has 0 bridgehead atoms. The van der Waals surface area contributed by atoms with Gasteiger partial charge in [0.2, 0.25) is 11.8 Å². The van der Waals surface area contributed by atoms with Crippen LogP contribution < -0.4 is 5.32 Å². The van der Waals surface area contributed by atoms with Crippen LogP contribution in [0.15, 0.2) is 72.8 Å². The van der Waals surface area contributed by atoms with Crippen molar-refractivity contribution in [3.63, 3.8) is 0 Å². The van der Waals surface area contributed by atoms with Crippen molar-refractivity contribution in [2.75, 3.05) is 20.2 Å². The van der Waals surface area contributed by atoms with Crippen molar-refractivity contribution in [1.82, 2.24) is 10.2 Å². The molecule has 0 radical (unpaired) electrons. The van der Waals surface area contributed by atoms with E-state index < -0.39 is 29.3 Å². The van der Waals surface area contributed by atoms with E-state index in [9.17, 15) is 19.6 Å². The fourth-order valence-electron chi connectivity index (χ4n) is 5.41. The van der Waals surface area contributed by atoms with Crippen molar-refractivity contribution in [2.24, 2.45) is 11.8 Å². The molecule has 0 spiro atoms. The number of allylic oxidation sites excluding steroid dienone is 2. The average Bonchev–Trinajstić information content (AvgIpc) is 2.97. The molecule has 1 aliphatic carbocycles. The second-order valence-electron chi connectivity index (χ2n) is 9.82. The summed E-state index contributed by atoms with van der Waals surface area (Å²) in [7, 11) is 1.30. The number of carbonyl (C=O) groups excluding carboxylic acids is 3. The summed E-state index contributed by atoms with van der Waals surface area (Å²) in [6.45, 7) is 0.934. The number of methoxy groups -OCH3 is 1. The lowest BCUT2D eigenvalue weighted by molar-refractivity contribution is -0.147. The summed E-state index contributed by atoms with van der Waals surface area (Å²) in [5.74, 6) is -1.98. The highest BCUT2D eigenvalue weighted by atomic mass is 16.5. The van der Waals surface area contributed by atoms with Gasteiger partial charge < -0.3 is 15.0 Å². The second kappa shape index (κ2) is 11.9. The zero-order valence-corrected chi connectivity index (χ0v) is 21.1. The summed E-state index contributed by atoms with van der Waals surface area (Å²) in [5.41, 5.74) is 1.28. The van der Waals surface area contributed by atoms with Gasteiger partial charge in [-0.3, -0.25) is 9.59 Å². The van der Waals surface area contributed by atoms with Crippen LogP contribution in [0.3, 0.4) is 0 Å². The zero-order chi connectivity index (χ0) is 26.3. The van der Waals surface area contributed by atoms with E-state index >= 15 is 0 Å².